The predicted molar refractivity (Wildman–Crippen MR) is 70.6 cm³/mol. The van der Waals surface area contributed by atoms with Crippen molar-refractivity contribution in [2.75, 3.05) is 26.4 Å². The van der Waals surface area contributed by atoms with Gasteiger partial charge in [0.1, 0.15) is 15.9 Å². The van der Waals surface area contributed by atoms with Gasteiger partial charge < -0.3 is 15.4 Å². The van der Waals surface area contributed by atoms with Crippen LogP contribution >= 0.6 is 0 Å². The van der Waals surface area contributed by atoms with E-state index in [2.05, 4.69) is 0 Å². The van der Waals surface area contributed by atoms with Crippen LogP contribution in [0.4, 0.5) is 5.69 Å². The maximum atomic E-state index is 12.5. The summed E-state index contributed by atoms with van der Waals surface area (Å²) in [5.41, 5.74) is 6.01. The minimum absolute atomic E-state index is 0.0119. The molecule has 1 aromatic carbocycles. The van der Waals surface area contributed by atoms with Crippen molar-refractivity contribution in [3.8, 4) is 5.75 Å². The molecule has 2 rings (SSSR count). The summed E-state index contributed by atoms with van der Waals surface area (Å²) in [6, 6.07) is 4.31. The van der Waals surface area contributed by atoms with Crippen LogP contribution in [0, 0.1) is 0 Å². The zero-order valence-corrected chi connectivity index (χ0v) is 11.6. The fraction of sp³-hybridized carbons (Fsp3) is 0.417. The molecule has 1 saturated heterocycles. The van der Waals surface area contributed by atoms with Gasteiger partial charge in [0.05, 0.1) is 7.11 Å². The van der Waals surface area contributed by atoms with Crippen molar-refractivity contribution >= 4 is 21.4 Å². The first-order valence-electron chi connectivity index (χ1n) is 5.80. The molecule has 1 fully saturated rings. The highest BCUT2D eigenvalue weighted by molar-refractivity contribution is 7.93. The first kappa shape index (κ1) is 13.7. The summed E-state index contributed by atoms with van der Waals surface area (Å²) >= 11 is 0. The van der Waals surface area contributed by atoms with Crippen LogP contribution in [-0.2, 0) is 14.6 Å². The Hall–Kier alpha value is -1.76. The van der Waals surface area contributed by atoms with Gasteiger partial charge in [-0.25, -0.2) is 8.42 Å². The number of likely N-dealkylation sites (tertiary alicyclic amines) is 1. The molecule has 6 nitrogen and oxygen atoms in total. The average molecular weight is 284 g/mol. The number of sulfone groups is 1. The minimum Gasteiger partial charge on any atom is -0.495 e. The van der Waals surface area contributed by atoms with Crippen molar-refractivity contribution in [3.63, 3.8) is 0 Å². The Morgan fingerprint density at radius 3 is 2.63 bits per heavy atom. The van der Waals surface area contributed by atoms with Gasteiger partial charge in [0.15, 0.2) is 9.84 Å². The quantitative estimate of drug-likeness (QED) is 0.805. The molecule has 104 valence electrons. The molecule has 1 atom stereocenters. The van der Waals surface area contributed by atoms with Crippen molar-refractivity contribution in [1.29, 1.82) is 0 Å². The molecular weight excluding hydrogens is 268 g/mol. The van der Waals surface area contributed by atoms with Gasteiger partial charge in [-0.1, -0.05) is 0 Å². The van der Waals surface area contributed by atoms with Crippen LogP contribution in [0.1, 0.15) is 6.42 Å². The topological polar surface area (TPSA) is 89.7 Å². The normalized spacial score (nSPS) is 19.8. The van der Waals surface area contributed by atoms with E-state index in [1.165, 1.54) is 30.2 Å². The molecule has 0 radical (unpaired) electrons. The number of hydrogen-bond donors (Lipinski definition) is 1. The molecule has 19 heavy (non-hydrogen) atoms. The second-order valence-corrected chi connectivity index (χ2v) is 6.59. The molecule has 1 amide bonds. The number of nitrogens with zero attached hydrogens (tertiary/aromatic N) is 1. The number of benzene rings is 1. The molecule has 7 heteroatoms. The Balaban J connectivity index is 2.49. The van der Waals surface area contributed by atoms with Crippen molar-refractivity contribution in [2.45, 2.75) is 16.6 Å². The lowest BCUT2D eigenvalue weighted by Crippen LogP contribution is -2.31. The molecule has 1 aromatic rings. The zero-order valence-electron chi connectivity index (χ0n) is 10.8. The molecule has 1 unspecified atom stereocenters. The van der Waals surface area contributed by atoms with Gasteiger partial charge in [-0.2, -0.15) is 0 Å². The molecule has 0 bridgehead atoms. The Morgan fingerprint density at radius 2 is 2.11 bits per heavy atom. The second-order valence-electron chi connectivity index (χ2n) is 4.49. The number of amides is 1. The molecule has 0 spiro atoms. The third-order valence-corrected chi connectivity index (χ3v) is 5.38. The van der Waals surface area contributed by atoms with Gasteiger partial charge in [-0.15, -0.1) is 0 Å². The molecule has 1 heterocycles. The monoisotopic (exact) mass is 284 g/mol. The van der Waals surface area contributed by atoms with E-state index in [0.717, 1.165) is 0 Å². The smallest absolute Gasteiger partial charge is 0.241 e. The summed E-state index contributed by atoms with van der Waals surface area (Å²) in [6.07, 6.45) is 0.297. The van der Waals surface area contributed by atoms with Crippen LogP contribution in [0.25, 0.3) is 0 Å². The SMILES string of the molecule is COc1cc(N)ccc1S(=O)(=O)C1CCN(C)C1=O. The zero-order chi connectivity index (χ0) is 14.2. The van der Waals surface area contributed by atoms with Crippen molar-refractivity contribution < 1.29 is 17.9 Å². The minimum atomic E-state index is -3.75. The first-order valence-corrected chi connectivity index (χ1v) is 7.35. The maximum Gasteiger partial charge on any atom is 0.241 e. The van der Waals surface area contributed by atoms with Gasteiger partial charge in [0.2, 0.25) is 5.91 Å². The number of methoxy groups -OCH3 is 1. The summed E-state index contributed by atoms with van der Waals surface area (Å²) in [5, 5.41) is -1.03. The summed E-state index contributed by atoms with van der Waals surface area (Å²) in [7, 11) is -0.785. The van der Waals surface area contributed by atoms with Gasteiger partial charge in [-0.05, 0) is 18.6 Å². The molecular formula is C12H16N2O4S. The standard InChI is InChI=1S/C12H16N2O4S/c1-14-6-5-11(12(14)15)19(16,17)10-4-3-8(13)7-9(10)18-2/h3-4,7,11H,5-6,13H2,1-2H3. The Morgan fingerprint density at radius 1 is 1.42 bits per heavy atom. The second kappa shape index (κ2) is 4.73. The predicted octanol–water partition coefficient (Wildman–Crippen LogP) is 0.282. The lowest BCUT2D eigenvalue weighted by Gasteiger charge is -2.14. The van der Waals surface area contributed by atoms with E-state index in [9.17, 15) is 13.2 Å². The Bertz CT molecular complexity index is 612. The number of nitrogens with two attached hydrogens (primary N) is 1. The van der Waals surface area contributed by atoms with Crippen LogP contribution in [0.3, 0.4) is 0 Å². The fourth-order valence-electron chi connectivity index (χ4n) is 2.15. The molecule has 0 saturated carbocycles. The average Bonchev–Trinajstić information content (AvgIpc) is 2.70. The fourth-order valence-corrected chi connectivity index (χ4v) is 4.00. The summed E-state index contributed by atoms with van der Waals surface area (Å²) in [4.78, 5) is 13.3. The number of nitrogen functional groups attached to an aromatic ring is 1. The summed E-state index contributed by atoms with van der Waals surface area (Å²) in [6.45, 7) is 0.444. The van der Waals surface area contributed by atoms with Crippen molar-refractivity contribution in [2.24, 2.45) is 0 Å². The Kier molecular flexibility index (Phi) is 3.40. The van der Waals surface area contributed by atoms with Crippen LogP contribution in [-0.4, -0.2) is 45.2 Å². The largest absolute Gasteiger partial charge is 0.495 e. The number of carbonyl (C=O) groups is 1. The highest BCUT2D eigenvalue weighted by atomic mass is 32.2. The Labute approximate surface area is 112 Å². The third-order valence-electron chi connectivity index (χ3n) is 3.25. The van der Waals surface area contributed by atoms with E-state index >= 15 is 0 Å². The number of hydrogen-bond acceptors (Lipinski definition) is 5. The molecule has 0 aliphatic carbocycles. The lowest BCUT2D eigenvalue weighted by molar-refractivity contribution is -0.126. The molecule has 1 aliphatic heterocycles. The number of carbonyl (C=O) groups excluding carboxylic acids is 1. The summed E-state index contributed by atoms with van der Waals surface area (Å²) < 4.78 is 30.1. The molecule has 0 aromatic heterocycles. The van der Waals surface area contributed by atoms with E-state index in [1.807, 2.05) is 0 Å². The number of anilines is 1. The van der Waals surface area contributed by atoms with Gasteiger partial charge in [-0.3, -0.25) is 4.79 Å². The van der Waals surface area contributed by atoms with Crippen molar-refractivity contribution in [1.82, 2.24) is 4.90 Å². The highest BCUT2D eigenvalue weighted by Gasteiger charge is 2.41. The van der Waals surface area contributed by atoms with E-state index < -0.39 is 15.1 Å². The number of rotatable bonds is 3. The van der Waals surface area contributed by atoms with E-state index in [4.69, 9.17) is 10.5 Å². The lowest BCUT2D eigenvalue weighted by atomic mass is 10.3. The van der Waals surface area contributed by atoms with Gasteiger partial charge in [0, 0.05) is 25.3 Å². The van der Waals surface area contributed by atoms with E-state index in [-0.39, 0.29) is 16.6 Å². The van der Waals surface area contributed by atoms with Crippen molar-refractivity contribution in [3.05, 3.63) is 18.2 Å². The maximum absolute atomic E-state index is 12.5. The third kappa shape index (κ3) is 2.25. The van der Waals surface area contributed by atoms with Crippen LogP contribution in [0.15, 0.2) is 23.1 Å². The van der Waals surface area contributed by atoms with Crippen LogP contribution < -0.4 is 10.5 Å². The molecule has 2 N–H and O–H groups in total. The van der Waals surface area contributed by atoms with E-state index in [0.29, 0.717) is 18.7 Å². The van der Waals surface area contributed by atoms with Crippen LogP contribution in [0.2, 0.25) is 0 Å². The van der Waals surface area contributed by atoms with Gasteiger partial charge >= 0.3 is 0 Å². The van der Waals surface area contributed by atoms with Crippen LogP contribution in [0.5, 0.6) is 5.75 Å². The first-order chi connectivity index (χ1) is 8.87. The highest BCUT2D eigenvalue weighted by Crippen LogP contribution is 2.32. The summed E-state index contributed by atoms with van der Waals surface area (Å²) in [5.74, 6) is -0.207. The van der Waals surface area contributed by atoms with E-state index in [1.54, 1.807) is 7.05 Å². The molecule has 1 aliphatic rings. The number of ether oxygens (including phenoxy) is 1. The van der Waals surface area contributed by atoms with Gasteiger partial charge in [0.25, 0.3) is 0 Å².